The fourth-order valence-electron chi connectivity index (χ4n) is 4.49. The molecule has 1 aromatic heterocycles. The highest BCUT2D eigenvalue weighted by molar-refractivity contribution is 6.30. The Morgan fingerprint density at radius 2 is 1.65 bits per heavy atom. The van der Waals surface area contributed by atoms with Crippen molar-refractivity contribution >= 4 is 17.5 Å². The molecule has 7 heteroatoms. The van der Waals surface area contributed by atoms with Gasteiger partial charge in [0.05, 0.1) is 38.9 Å². The molecular weight excluding hydrogens is 471 g/mol. The third-order valence-corrected chi connectivity index (χ3v) is 6.79. The van der Waals surface area contributed by atoms with Gasteiger partial charge in [-0.1, -0.05) is 35.9 Å². The quantitative estimate of drug-likeness (QED) is 0.505. The molecule has 0 aliphatic carbocycles. The number of carbonyl (C=O) groups excluding carboxylic acids is 1. The number of hydrogen-bond donors (Lipinski definition) is 1. The minimum atomic E-state index is -0.141. The zero-order valence-corrected chi connectivity index (χ0v) is 21.5. The number of nitrogens with one attached hydrogen (secondary N) is 1. The second-order valence-electron chi connectivity index (χ2n) is 9.37. The van der Waals surface area contributed by atoms with E-state index in [0.717, 1.165) is 48.2 Å². The predicted molar refractivity (Wildman–Crippen MR) is 131 cm³/mol. The lowest BCUT2D eigenvalue weighted by atomic mass is 10.0. The Labute approximate surface area is 213 Å². The maximum absolute atomic E-state index is 12.8. The third-order valence-electron chi connectivity index (χ3n) is 6.54. The Kier molecular flexibility index (Phi) is 8.83. The molecule has 1 N–H and O–H groups in total. The zero-order chi connectivity index (χ0) is 23.4. The fourth-order valence-corrected chi connectivity index (χ4v) is 4.61. The van der Waals surface area contributed by atoms with Crippen LogP contribution in [-0.4, -0.2) is 43.7 Å². The van der Waals surface area contributed by atoms with Crippen LogP contribution in [0.5, 0.6) is 0 Å². The van der Waals surface area contributed by atoms with Crippen LogP contribution in [-0.2, 0) is 17.8 Å². The minimum Gasteiger partial charge on any atom is -1.00 e. The van der Waals surface area contributed by atoms with Crippen molar-refractivity contribution in [2.45, 2.75) is 38.9 Å². The van der Waals surface area contributed by atoms with Crippen LogP contribution in [0.15, 0.2) is 59.0 Å². The van der Waals surface area contributed by atoms with Gasteiger partial charge in [-0.25, -0.2) is 0 Å². The first-order valence-corrected chi connectivity index (χ1v) is 11.8. The van der Waals surface area contributed by atoms with Crippen molar-refractivity contribution in [3.8, 4) is 11.3 Å². The molecule has 2 aromatic carbocycles. The number of quaternary nitrogens is 1. The van der Waals surface area contributed by atoms with Gasteiger partial charge in [0.2, 0.25) is 0 Å². The summed E-state index contributed by atoms with van der Waals surface area (Å²) in [6, 6.07) is 18.3. The topological polar surface area (TPSA) is 51.5 Å². The van der Waals surface area contributed by atoms with E-state index in [0.29, 0.717) is 34.7 Å². The summed E-state index contributed by atoms with van der Waals surface area (Å²) < 4.78 is 12.3. The van der Waals surface area contributed by atoms with Crippen LogP contribution < -0.4 is 17.7 Å². The van der Waals surface area contributed by atoms with Crippen LogP contribution in [0.3, 0.4) is 0 Å². The standard InChI is InChI=1S/C27H31ClN2O3.ClH/c1-19-25(16-26(33-19)22-8-10-23(28)11-9-22)27(31)29-17-20-4-6-21(7-5-20)18-30(2,3)24-12-14-32-15-13-24;/h4-11,16,24H,12-15,17-18H2,1-3H3;1H. The number of aryl methyl sites for hydroxylation is 1. The number of halogens is 2. The Hall–Kier alpha value is -2.31. The maximum Gasteiger partial charge on any atom is 0.255 e. The van der Waals surface area contributed by atoms with Gasteiger partial charge in [-0.05, 0) is 42.8 Å². The third kappa shape index (κ3) is 6.42. The van der Waals surface area contributed by atoms with Crippen molar-refractivity contribution < 1.29 is 30.8 Å². The lowest BCUT2D eigenvalue weighted by molar-refractivity contribution is -0.929. The van der Waals surface area contributed by atoms with Crippen LogP contribution in [0, 0.1) is 6.92 Å². The number of rotatable bonds is 7. The average Bonchev–Trinajstić information content (AvgIpc) is 3.21. The summed E-state index contributed by atoms with van der Waals surface area (Å²) in [5, 5.41) is 3.68. The molecule has 5 nitrogen and oxygen atoms in total. The summed E-state index contributed by atoms with van der Waals surface area (Å²) in [4.78, 5) is 12.8. The van der Waals surface area contributed by atoms with Crippen LogP contribution in [0.1, 0.15) is 40.1 Å². The number of amides is 1. The molecular formula is C27H32Cl2N2O3. The van der Waals surface area contributed by atoms with E-state index in [1.165, 1.54) is 5.56 Å². The summed E-state index contributed by atoms with van der Waals surface area (Å²) in [7, 11) is 4.60. The molecule has 1 aliphatic heterocycles. The Morgan fingerprint density at radius 3 is 2.29 bits per heavy atom. The molecule has 3 aromatic rings. The summed E-state index contributed by atoms with van der Waals surface area (Å²) in [6.45, 7) is 4.99. The average molecular weight is 503 g/mol. The van der Waals surface area contributed by atoms with E-state index in [-0.39, 0.29) is 18.3 Å². The first kappa shape index (κ1) is 26.3. The first-order chi connectivity index (χ1) is 15.8. The van der Waals surface area contributed by atoms with E-state index in [1.54, 1.807) is 6.07 Å². The molecule has 1 aliphatic rings. The number of ether oxygens (including phenoxy) is 1. The number of furan rings is 1. The summed E-state index contributed by atoms with van der Waals surface area (Å²) in [6.07, 6.45) is 2.23. The van der Waals surface area contributed by atoms with Gasteiger partial charge in [0.1, 0.15) is 18.1 Å². The Bertz CT molecular complexity index is 1090. The van der Waals surface area contributed by atoms with Crippen LogP contribution in [0.4, 0.5) is 0 Å². The van der Waals surface area contributed by atoms with Gasteiger partial charge in [-0.3, -0.25) is 4.79 Å². The van der Waals surface area contributed by atoms with E-state index in [2.05, 4.69) is 43.7 Å². The van der Waals surface area contributed by atoms with Crippen molar-refractivity contribution in [1.82, 2.24) is 5.32 Å². The Balaban J connectivity index is 0.00000324. The van der Waals surface area contributed by atoms with Crippen molar-refractivity contribution in [3.63, 3.8) is 0 Å². The zero-order valence-electron chi connectivity index (χ0n) is 19.9. The van der Waals surface area contributed by atoms with Crippen molar-refractivity contribution in [3.05, 3.63) is 82.1 Å². The summed E-state index contributed by atoms with van der Waals surface area (Å²) >= 11 is 5.96. The van der Waals surface area contributed by atoms with E-state index in [4.69, 9.17) is 20.8 Å². The highest BCUT2D eigenvalue weighted by Crippen LogP contribution is 2.27. The van der Waals surface area contributed by atoms with Gasteiger partial charge in [0.15, 0.2) is 0 Å². The van der Waals surface area contributed by atoms with Crippen molar-refractivity contribution in [2.75, 3.05) is 27.3 Å². The monoisotopic (exact) mass is 502 g/mol. The van der Waals surface area contributed by atoms with Gasteiger partial charge in [0.25, 0.3) is 5.91 Å². The van der Waals surface area contributed by atoms with Crippen LogP contribution >= 0.6 is 11.6 Å². The number of hydrogen-bond acceptors (Lipinski definition) is 3. The molecule has 0 spiro atoms. The Morgan fingerprint density at radius 1 is 1.03 bits per heavy atom. The van der Waals surface area contributed by atoms with Crippen molar-refractivity contribution in [1.29, 1.82) is 0 Å². The van der Waals surface area contributed by atoms with E-state index in [9.17, 15) is 4.79 Å². The molecule has 1 saturated heterocycles. The normalized spacial score (nSPS) is 14.5. The molecule has 0 radical (unpaired) electrons. The number of benzene rings is 2. The smallest absolute Gasteiger partial charge is 0.255 e. The van der Waals surface area contributed by atoms with Crippen LogP contribution in [0.25, 0.3) is 11.3 Å². The molecule has 4 rings (SSSR count). The fraction of sp³-hybridized carbons (Fsp3) is 0.370. The number of nitrogens with zero attached hydrogens (tertiary/aromatic N) is 1. The highest BCUT2D eigenvalue weighted by atomic mass is 35.5. The maximum atomic E-state index is 12.8. The summed E-state index contributed by atoms with van der Waals surface area (Å²) in [5.41, 5.74) is 3.81. The van der Waals surface area contributed by atoms with Gasteiger partial charge in [0, 0.05) is 35.5 Å². The van der Waals surface area contributed by atoms with Gasteiger partial charge >= 0.3 is 0 Å². The molecule has 0 unspecified atom stereocenters. The van der Waals surface area contributed by atoms with Gasteiger partial charge < -0.3 is 31.4 Å². The number of carbonyl (C=O) groups is 1. The molecule has 34 heavy (non-hydrogen) atoms. The van der Waals surface area contributed by atoms with Crippen LogP contribution in [0.2, 0.25) is 5.02 Å². The lowest BCUT2D eigenvalue weighted by Gasteiger charge is -2.40. The molecule has 0 atom stereocenters. The van der Waals surface area contributed by atoms with E-state index < -0.39 is 0 Å². The minimum absolute atomic E-state index is 0. The van der Waals surface area contributed by atoms with Crippen molar-refractivity contribution in [2.24, 2.45) is 0 Å². The SMILES string of the molecule is Cc1oc(-c2ccc(Cl)cc2)cc1C(=O)NCc1ccc(C[N+](C)(C)C2CCOCC2)cc1.[Cl-]. The highest BCUT2D eigenvalue weighted by Gasteiger charge is 2.30. The lowest BCUT2D eigenvalue weighted by Crippen LogP contribution is -3.00. The molecule has 2 heterocycles. The second-order valence-corrected chi connectivity index (χ2v) is 9.80. The van der Waals surface area contributed by atoms with E-state index in [1.807, 2.05) is 31.2 Å². The molecule has 182 valence electrons. The summed E-state index contributed by atoms with van der Waals surface area (Å²) in [5.74, 6) is 1.11. The largest absolute Gasteiger partial charge is 1.00 e. The second kappa shape index (κ2) is 11.4. The predicted octanol–water partition coefficient (Wildman–Crippen LogP) is 2.60. The van der Waals surface area contributed by atoms with E-state index >= 15 is 0 Å². The molecule has 0 bridgehead atoms. The molecule has 1 amide bonds. The molecule has 0 saturated carbocycles. The van der Waals surface area contributed by atoms with Gasteiger partial charge in [-0.15, -0.1) is 0 Å². The van der Waals surface area contributed by atoms with Gasteiger partial charge in [-0.2, -0.15) is 0 Å². The molecule has 1 fully saturated rings. The first-order valence-electron chi connectivity index (χ1n) is 11.4.